The van der Waals surface area contributed by atoms with Crippen LogP contribution in [0.15, 0.2) is 0 Å². The monoisotopic (exact) mass is 272 g/mol. The minimum Gasteiger partial charge on any atom is -1.00 e. The van der Waals surface area contributed by atoms with Gasteiger partial charge in [0.25, 0.3) is 0 Å². The van der Waals surface area contributed by atoms with E-state index in [2.05, 4.69) is 0 Å². The number of carboxylic acids is 4. The first-order valence-corrected chi connectivity index (χ1v) is 5.13. The van der Waals surface area contributed by atoms with Crippen LogP contribution in [0.1, 0.15) is 40.0 Å². The van der Waals surface area contributed by atoms with Crippen molar-refractivity contribution in [3.8, 4) is 0 Å². The van der Waals surface area contributed by atoms with E-state index < -0.39 is 23.9 Å². The quantitative estimate of drug-likeness (QED) is 0.286. The molecular formula is C10H17LiO8. The second-order valence-electron chi connectivity index (χ2n) is 3.28. The number of hydrogen-bond acceptors (Lipinski definition) is 4. The molecule has 0 bridgehead atoms. The molecule has 0 saturated carbocycles. The van der Waals surface area contributed by atoms with Crippen LogP contribution in [0.4, 0.5) is 0 Å². The summed E-state index contributed by atoms with van der Waals surface area (Å²) in [5.74, 6) is -3.89. The summed E-state index contributed by atoms with van der Waals surface area (Å²) >= 11 is 0. The van der Waals surface area contributed by atoms with Gasteiger partial charge in [0.15, 0.2) is 0 Å². The van der Waals surface area contributed by atoms with Crippen molar-refractivity contribution in [2.75, 3.05) is 0 Å². The Hall–Kier alpha value is -1.52. The van der Waals surface area contributed by atoms with E-state index in [4.69, 9.17) is 20.4 Å². The Morgan fingerprint density at radius 2 is 0.789 bits per heavy atom. The van der Waals surface area contributed by atoms with Gasteiger partial charge >= 0.3 is 42.7 Å². The molecule has 9 heteroatoms. The van der Waals surface area contributed by atoms with Gasteiger partial charge in [-0.1, -0.05) is 0 Å². The van der Waals surface area contributed by atoms with Gasteiger partial charge in [0, 0.05) is 12.8 Å². The molecule has 0 unspecified atom stereocenters. The normalized spacial score (nSPS) is 8.42. The second-order valence-corrected chi connectivity index (χ2v) is 3.28. The minimum atomic E-state index is -1.08. The van der Waals surface area contributed by atoms with Crippen LogP contribution in [0.5, 0.6) is 0 Å². The van der Waals surface area contributed by atoms with E-state index in [0.717, 1.165) is 0 Å². The Bertz CT molecular complexity index is 278. The molecule has 0 aromatic rings. The number of aliphatic carboxylic acids is 4. The number of carbonyl (C=O) groups is 4. The first-order chi connectivity index (χ1) is 8.25. The van der Waals surface area contributed by atoms with Gasteiger partial charge in [0.2, 0.25) is 0 Å². The van der Waals surface area contributed by atoms with E-state index in [1.165, 1.54) is 0 Å². The molecule has 0 rings (SSSR count). The molecule has 106 valence electrons. The molecule has 0 saturated heterocycles. The predicted octanol–water partition coefficient (Wildman–Crippen LogP) is -2.23. The maximum atomic E-state index is 9.90. The van der Waals surface area contributed by atoms with Crippen molar-refractivity contribution in [1.29, 1.82) is 0 Å². The molecule has 0 radical (unpaired) electrons. The van der Waals surface area contributed by atoms with Crippen molar-refractivity contribution in [3.05, 3.63) is 0 Å². The summed E-state index contributed by atoms with van der Waals surface area (Å²) in [6, 6.07) is 0. The zero-order valence-corrected chi connectivity index (χ0v) is 10.7. The number of hydrogen-bond donors (Lipinski definition) is 4. The maximum absolute atomic E-state index is 9.90. The van der Waals surface area contributed by atoms with Crippen molar-refractivity contribution in [2.24, 2.45) is 0 Å². The number of unbranched alkanes of at least 4 members (excludes halogenated alkanes) is 1. The smallest absolute Gasteiger partial charge is 1.00 e. The average molecular weight is 272 g/mol. The van der Waals surface area contributed by atoms with Crippen molar-refractivity contribution in [1.82, 2.24) is 0 Å². The van der Waals surface area contributed by atoms with E-state index in [1.807, 2.05) is 0 Å². The molecule has 0 aliphatic rings. The summed E-state index contributed by atoms with van der Waals surface area (Å²) in [5.41, 5.74) is 0. The van der Waals surface area contributed by atoms with Crippen LogP contribution in [0.25, 0.3) is 0 Å². The summed E-state index contributed by atoms with van der Waals surface area (Å²) in [6.07, 6.45) is 0.425. The topological polar surface area (TPSA) is 149 Å². The van der Waals surface area contributed by atoms with Gasteiger partial charge in [-0.2, -0.15) is 0 Å². The van der Waals surface area contributed by atoms with Crippen LogP contribution in [0.3, 0.4) is 0 Å². The number of carboxylic acid groups (broad SMARTS) is 4. The average Bonchev–Trinajstić information content (AvgIpc) is 2.22. The molecule has 0 heterocycles. The van der Waals surface area contributed by atoms with Gasteiger partial charge in [0.05, 0.1) is 12.8 Å². The third-order valence-corrected chi connectivity index (χ3v) is 1.58. The zero-order valence-electron chi connectivity index (χ0n) is 11.7. The van der Waals surface area contributed by atoms with Crippen LogP contribution >= 0.6 is 0 Å². The van der Waals surface area contributed by atoms with Crippen LogP contribution in [0.2, 0.25) is 0 Å². The Morgan fingerprint density at radius 1 is 0.579 bits per heavy atom. The van der Waals surface area contributed by atoms with Crippen molar-refractivity contribution in [3.63, 3.8) is 0 Å². The molecular weight excluding hydrogens is 255 g/mol. The molecule has 0 aliphatic heterocycles. The summed E-state index contributed by atoms with van der Waals surface area (Å²) in [6.45, 7) is 0. The summed E-state index contributed by atoms with van der Waals surface area (Å²) in [7, 11) is 0. The molecule has 19 heavy (non-hydrogen) atoms. The maximum Gasteiger partial charge on any atom is 1.00 e. The van der Waals surface area contributed by atoms with E-state index in [1.54, 1.807) is 0 Å². The third kappa shape index (κ3) is 31.5. The standard InChI is InChI=1S/C6H10O4.C4H6O4.Li.H/c7-5(8)3-1-2-4-6(9)10;5-3(6)1-2-4(7)8;;/h1-4H2,(H,7,8)(H,9,10);1-2H2,(H,5,6)(H,7,8);;/q;;+1;-1. The fourth-order valence-corrected chi connectivity index (χ4v) is 0.766. The number of rotatable bonds is 8. The van der Waals surface area contributed by atoms with Crippen molar-refractivity contribution in [2.45, 2.75) is 38.5 Å². The molecule has 8 nitrogen and oxygen atoms in total. The first kappa shape index (κ1) is 22.6. The fraction of sp³-hybridized carbons (Fsp3) is 0.600. The summed E-state index contributed by atoms with van der Waals surface area (Å²) in [5, 5.41) is 32.1. The molecule has 0 aromatic carbocycles. The fourth-order valence-electron chi connectivity index (χ4n) is 0.766. The zero-order chi connectivity index (χ0) is 14.6. The van der Waals surface area contributed by atoms with Gasteiger partial charge in [-0.05, 0) is 12.8 Å². The molecule has 0 fully saturated rings. The Kier molecular flexibility index (Phi) is 17.3. The molecule has 0 atom stereocenters. The Balaban J connectivity index is -0.000000119. The van der Waals surface area contributed by atoms with E-state index in [0.29, 0.717) is 12.8 Å². The van der Waals surface area contributed by atoms with Gasteiger partial charge in [-0.25, -0.2) is 0 Å². The van der Waals surface area contributed by atoms with E-state index in [9.17, 15) is 19.2 Å². The van der Waals surface area contributed by atoms with Crippen LogP contribution in [-0.4, -0.2) is 44.3 Å². The Labute approximate surface area is 123 Å². The molecule has 0 aliphatic carbocycles. The molecule has 0 spiro atoms. The van der Waals surface area contributed by atoms with Crippen LogP contribution in [0, 0.1) is 0 Å². The molecule has 0 aromatic heterocycles. The minimum absolute atomic E-state index is 0. The molecule has 4 N–H and O–H groups in total. The van der Waals surface area contributed by atoms with Crippen molar-refractivity contribution < 1.29 is 59.9 Å². The SMILES string of the molecule is O=C(O)CCC(=O)O.O=C(O)CCCCC(=O)O.[H-].[Li+]. The van der Waals surface area contributed by atoms with Crippen LogP contribution in [-0.2, 0) is 19.2 Å². The van der Waals surface area contributed by atoms with Gasteiger partial charge < -0.3 is 21.9 Å². The van der Waals surface area contributed by atoms with Gasteiger partial charge in [0.1, 0.15) is 0 Å². The first-order valence-electron chi connectivity index (χ1n) is 5.13. The Morgan fingerprint density at radius 3 is 0.947 bits per heavy atom. The van der Waals surface area contributed by atoms with Gasteiger partial charge in [-0.15, -0.1) is 0 Å². The summed E-state index contributed by atoms with van der Waals surface area (Å²) in [4.78, 5) is 39.1. The predicted molar refractivity (Wildman–Crippen MR) is 59.4 cm³/mol. The molecule has 0 amide bonds. The van der Waals surface area contributed by atoms with Gasteiger partial charge in [-0.3, -0.25) is 19.2 Å². The third-order valence-electron chi connectivity index (χ3n) is 1.58. The summed E-state index contributed by atoms with van der Waals surface area (Å²) < 4.78 is 0. The largest absolute Gasteiger partial charge is 1.00 e. The van der Waals surface area contributed by atoms with Crippen molar-refractivity contribution >= 4 is 23.9 Å². The second kappa shape index (κ2) is 14.5. The van der Waals surface area contributed by atoms with E-state index >= 15 is 0 Å². The van der Waals surface area contributed by atoms with E-state index in [-0.39, 0.29) is 46.0 Å². The van der Waals surface area contributed by atoms with Crippen LogP contribution < -0.4 is 18.9 Å².